The number of sulfonamides is 1. The first-order valence-electron chi connectivity index (χ1n) is 12.3. The summed E-state index contributed by atoms with van der Waals surface area (Å²) in [7, 11) is -3.67. The molecule has 1 fully saturated rings. The van der Waals surface area contributed by atoms with Crippen molar-refractivity contribution < 1.29 is 18.0 Å². The lowest BCUT2D eigenvalue weighted by Crippen LogP contribution is -2.30. The summed E-state index contributed by atoms with van der Waals surface area (Å²) in [6, 6.07) is 6.30. The van der Waals surface area contributed by atoms with Crippen LogP contribution in [0.1, 0.15) is 37.4 Å². The van der Waals surface area contributed by atoms with Gasteiger partial charge in [-0.25, -0.2) is 23.1 Å². The summed E-state index contributed by atoms with van der Waals surface area (Å²) in [5.74, 6) is 0.423. The second-order valence-electron chi connectivity index (χ2n) is 9.27. The summed E-state index contributed by atoms with van der Waals surface area (Å²) < 4.78 is 27.9. The number of aliphatic imine (C=N–C) groups is 1. The Bertz CT molecular complexity index is 1430. The molecule has 2 aliphatic heterocycles. The van der Waals surface area contributed by atoms with Gasteiger partial charge in [0, 0.05) is 67.6 Å². The molecule has 5 rings (SSSR count). The molecule has 2 aromatic rings. The molecule has 0 spiro atoms. The smallest absolute Gasteiger partial charge is 0.240 e. The Labute approximate surface area is 215 Å². The zero-order chi connectivity index (χ0) is 26.0. The van der Waals surface area contributed by atoms with Crippen molar-refractivity contribution in [2.75, 3.05) is 25.0 Å². The number of carbonyl (C=O) groups is 2. The van der Waals surface area contributed by atoms with E-state index in [9.17, 15) is 18.0 Å². The average Bonchev–Trinajstić information content (AvgIpc) is 3.18. The topological polar surface area (TPSA) is 134 Å². The molecule has 1 aromatic heterocycles. The molecule has 0 radical (unpaired) electrons. The van der Waals surface area contributed by atoms with Crippen molar-refractivity contribution in [2.24, 2.45) is 10.9 Å². The van der Waals surface area contributed by atoms with Crippen LogP contribution < -0.4 is 10.0 Å². The Morgan fingerprint density at radius 2 is 1.97 bits per heavy atom. The highest BCUT2D eigenvalue weighted by Crippen LogP contribution is 2.34. The number of fused-ring (bicyclic) bond motifs is 2. The molecule has 192 valence electrons. The lowest BCUT2D eigenvalue weighted by Gasteiger charge is -2.21. The zero-order valence-corrected chi connectivity index (χ0v) is 21.3. The standard InChI is InChI=1S/C26H28N6O4S/c1-17-5-2-11-27-25-23(17)21(33)15-18-16-28-26(31-24(18)25)30-19-7-9-20(10-8-19)37(35,36)29-12-4-14-32-13-3-6-22(32)34/h2,5,7-11,16-17,29H,3-4,6,12-15H2,1H3,(H,28,30,31). The van der Waals surface area contributed by atoms with Gasteiger partial charge in [-0.05, 0) is 43.2 Å². The van der Waals surface area contributed by atoms with Crippen LogP contribution in [0.5, 0.6) is 0 Å². The molecule has 11 heteroatoms. The molecule has 37 heavy (non-hydrogen) atoms. The number of ketones is 1. The fraction of sp³-hybridized carbons (Fsp3) is 0.346. The van der Waals surface area contributed by atoms with E-state index in [1.165, 1.54) is 12.1 Å². The van der Waals surface area contributed by atoms with E-state index in [0.717, 1.165) is 18.5 Å². The number of likely N-dealkylation sites (tertiary alicyclic amines) is 1. The van der Waals surface area contributed by atoms with Gasteiger partial charge < -0.3 is 10.2 Å². The molecule has 1 amide bonds. The first-order chi connectivity index (χ1) is 17.8. The third-order valence-corrected chi connectivity index (χ3v) is 8.11. The number of hydrogen-bond acceptors (Lipinski definition) is 8. The van der Waals surface area contributed by atoms with Gasteiger partial charge in [0.25, 0.3) is 0 Å². The molecule has 3 aliphatic rings. The van der Waals surface area contributed by atoms with Crippen molar-refractivity contribution in [1.82, 2.24) is 19.6 Å². The highest BCUT2D eigenvalue weighted by Gasteiger charge is 2.30. The number of amides is 1. The lowest BCUT2D eigenvalue weighted by atomic mass is 9.86. The maximum absolute atomic E-state index is 12.7. The summed E-state index contributed by atoms with van der Waals surface area (Å²) >= 11 is 0. The molecular formula is C26H28N6O4S. The highest BCUT2D eigenvalue weighted by molar-refractivity contribution is 7.89. The minimum Gasteiger partial charge on any atom is -0.343 e. The molecule has 1 aromatic carbocycles. The van der Waals surface area contributed by atoms with Gasteiger partial charge in [-0.15, -0.1) is 0 Å². The van der Waals surface area contributed by atoms with Gasteiger partial charge in [-0.2, -0.15) is 0 Å². The van der Waals surface area contributed by atoms with Crippen LogP contribution in [0, 0.1) is 5.92 Å². The normalized spacial score (nSPS) is 19.2. The Hall–Kier alpha value is -3.70. The van der Waals surface area contributed by atoms with Crippen LogP contribution in [0.25, 0.3) is 5.70 Å². The van der Waals surface area contributed by atoms with Gasteiger partial charge in [0.05, 0.1) is 16.3 Å². The third kappa shape index (κ3) is 5.37. The van der Waals surface area contributed by atoms with E-state index >= 15 is 0 Å². The first-order valence-corrected chi connectivity index (χ1v) is 13.8. The van der Waals surface area contributed by atoms with E-state index in [4.69, 9.17) is 0 Å². The number of aromatic nitrogens is 2. The predicted molar refractivity (Wildman–Crippen MR) is 140 cm³/mol. The van der Waals surface area contributed by atoms with Crippen LogP contribution in [0.4, 0.5) is 11.6 Å². The summed E-state index contributed by atoms with van der Waals surface area (Å²) in [6.45, 7) is 3.52. The van der Waals surface area contributed by atoms with E-state index in [1.807, 2.05) is 19.1 Å². The predicted octanol–water partition coefficient (Wildman–Crippen LogP) is 2.62. The second kappa shape index (κ2) is 10.3. The quantitative estimate of drug-likeness (QED) is 0.511. The van der Waals surface area contributed by atoms with E-state index in [1.54, 1.807) is 29.4 Å². The molecule has 10 nitrogen and oxygen atoms in total. The monoisotopic (exact) mass is 520 g/mol. The van der Waals surface area contributed by atoms with Gasteiger partial charge in [0.1, 0.15) is 0 Å². The SMILES string of the molecule is CC1C=CC=NC2=C1C(=O)Cc1cnc(Nc3ccc(S(=O)(=O)NCCCN4CCCC4=O)cc3)nc12. The zero-order valence-electron chi connectivity index (χ0n) is 20.5. The van der Waals surface area contributed by atoms with Crippen molar-refractivity contribution >= 4 is 45.3 Å². The van der Waals surface area contributed by atoms with E-state index in [2.05, 4.69) is 25.0 Å². The minimum absolute atomic E-state index is 0.0259. The molecular weight excluding hydrogens is 492 g/mol. The molecule has 1 atom stereocenters. The largest absolute Gasteiger partial charge is 0.343 e. The van der Waals surface area contributed by atoms with Crippen LogP contribution in [0.2, 0.25) is 0 Å². The third-order valence-electron chi connectivity index (χ3n) is 6.63. The van der Waals surface area contributed by atoms with Gasteiger partial charge >= 0.3 is 0 Å². The number of Topliss-reactive ketones (excluding diaryl/α,β-unsaturated/α-hetero) is 1. The minimum atomic E-state index is -3.67. The van der Waals surface area contributed by atoms with Crippen molar-refractivity contribution in [2.45, 2.75) is 37.5 Å². The summed E-state index contributed by atoms with van der Waals surface area (Å²) in [6.07, 6.45) is 9.29. The van der Waals surface area contributed by atoms with Gasteiger partial charge in [0.15, 0.2) is 5.78 Å². The van der Waals surface area contributed by atoms with E-state index in [-0.39, 0.29) is 35.5 Å². The molecule has 1 unspecified atom stereocenters. The Balaban J connectivity index is 1.25. The number of nitrogens with one attached hydrogen (secondary N) is 2. The number of allylic oxidation sites excluding steroid dienone is 3. The summed E-state index contributed by atoms with van der Waals surface area (Å²) in [5, 5.41) is 3.10. The molecule has 3 heterocycles. The van der Waals surface area contributed by atoms with Crippen LogP contribution >= 0.6 is 0 Å². The van der Waals surface area contributed by atoms with Crippen molar-refractivity contribution in [3.8, 4) is 0 Å². The maximum Gasteiger partial charge on any atom is 0.240 e. The lowest BCUT2D eigenvalue weighted by molar-refractivity contribution is -0.127. The first kappa shape index (κ1) is 25.0. The van der Waals surface area contributed by atoms with Gasteiger partial charge in [-0.1, -0.05) is 13.0 Å². The Kier molecular flexibility index (Phi) is 6.98. The van der Waals surface area contributed by atoms with Crippen molar-refractivity contribution in [3.63, 3.8) is 0 Å². The van der Waals surface area contributed by atoms with Crippen LogP contribution in [-0.2, 0) is 26.0 Å². The fourth-order valence-corrected chi connectivity index (χ4v) is 5.78. The number of benzene rings is 1. The fourth-order valence-electron chi connectivity index (χ4n) is 4.71. The highest BCUT2D eigenvalue weighted by atomic mass is 32.2. The Morgan fingerprint density at radius 3 is 2.73 bits per heavy atom. The number of carbonyl (C=O) groups excluding carboxylic acids is 2. The summed E-state index contributed by atoms with van der Waals surface area (Å²) in [5.41, 5.74) is 3.18. The van der Waals surface area contributed by atoms with Crippen LogP contribution in [0.3, 0.4) is 0 Å². The molecule has 1 saturated heterocycles. The Morgan fingerprint density at radius 1 is 1.16 bits per heavy atom. The molecule has 0 saturated carbocycles. The van der Waals surface area contributed by atoms with E-state index in [0.29, 0.717) is 48.0 Å². The van der Waals surface area contributed by atoms with Crippen molar-refractivity contribution in [3.05, 3.63) is 59.4 Å². The average molecular weight is 521 g/mol. The van der Waals surface area contributed by atoms with E-state index < -0.39 is 10.0 Å². The summed E-state index contributed by atoms with van der Waals surface area (Å²) in [4.78, 5) is 39.7. The van der Waals surface area contributed by atoms with Gasteiger partial charge in [0.2, 0.25) is 21.9 Å². The molecule has 1 aliphatic carbocycles. The number of anilines is 2. The molecule has 2 N–H and O–H groups in total. The number of hydrogen-bond donors (Lipinski definition) is 2. The maximum atomic E-state index is 12.7. The van der Waals surface area contributed by atoms with Crippen LogP contribution in [-0.4, -0.2) is 60.8 Å². The van der Waals surface area contributed by atoms with Crippen molar-refractivity contribution in [1.29, 1.82) is 0 Å². The van der Waals surface area contributed by atoms with Gasteiger partial charge in [-0.3, -0.25) is 14.6 Å². The molecule has 0 bridgehead atoms. The van der Waals surface area contributed by atoms with Crippen LogP contribution in [0.15, 0.2) is 58.1 Å². The number of rotatable bonds is 8. The second-order valence-corrected chi connectivity index (χ2v) is 11.0. The number of nitrogens with zero attached hydrogens (tertiary/aromatic N) is 4.